The van der Waals surface area contributed by atoms with Gasteiger partial charge < -0.3 is 10.2 Å². The first-order chi connectivity index (χ1) is 11.0. The van der Waals surface area contributed by atoms with Crippen LogP contribution >= 0.6 is 0 Å². The van der Waals surface area contributed by atoms with E-state index in [1.54, 1.807) is 11.9 Å². The van der Waals surface area contributed by atoms with E-state index in [0.717, 1.165) is 23.1 Å². The van der Waals surface area contributed by atoms with E-state index in [1.165, 1.54) is 25.7 Å². The minimum Gasteiger partial charge on any atom is -0.336 e. The van der Waals surface area contributed by atoms with Crippen molar-refractivity contribution in [2.45, 2.75) is 39.0 Å². The molecule has 23 heavy (non-hydrogen) atoms. The first kappa shape index (κ1) is 16.0. The molecule has 0 aromatic heterocycles. The Morgan fingerprint density at radius 1 is 1.17 bits per heavy atom. The molecule has 124 valence electrons. The van der Waals surface area contributed by atoms with Gasteiger partial charge in [-0.3, -0.25) is 9.59 Å². The molecular formula is C19H26N2O2. The third kappa shape index (κ3) is 3.92. The van der Waals surface area contributed by atoms with Crippen LogP contribution in [0.5, 0.6) is 0 Å². The summed E-state index contributed by atoms with van der Waals surface area (Å²) in [6, 6.07) is 7.67. The molecule has 0 radical (unpaired) electrons. The monoisotopic (exact) mass is 314 g/mol. The lowest BCUT2D eigenvalue weighted by Gasteiger charge is -2.24. The maximum atomic E-state index is 12.4. The first-order valence-electron chi connectivity index (χ1n) is 8.61. The Bertz CT molecular complexity index is 582. The molecule has 2 aliphatic carbocycles. The summed E-state index contributed by atoms with van der Waals surface area (Å²) < 4.78 is 0. The molecule has 1 aromatic rings. The number of nitrogens with zero attached hydrogens (tertiary/aromatic N) is 1. The number of benzene rings is 1. The van der Waals surface area contributed by atoms with E-state index in [-0.39, 0.29) is 18.4 Å². The SMILES string of the molecule is Cc1ccc(NC(=O)CN(C)C(=O)C[C@H]2C[C@H]3CC[C@@H]2C3)cc1. The number of hydrogen-bond donors (Lipinski definition) is 1. The van der Waals surface area contributed by atoms with Crippen LogP contribution in [-0.4, -0.2) is 30.3 Å². The first-order valence-corrected chi connectivity index (χ1v) is 8.61. The van der Waals surface area contributed by atoms with Crippen molar-refractivity contribution in [2.75, 3.05) is 18.9 Å². The average molecular weight is 314 g/mol. The van der Waals surface area contributed by atoms with Crippen molar-refractivity contribution >= 4 is 17.5 Å². The molecule has 2 fully saturated rings. The van der Waals surface area contributed by atoms with Gasteiger partial charge in [-0.1, -0.05) is 24.1 Å². The minimum absolute atomic E-state index is 0.0987. The number of aryl methyl sites for hydroxylation is 1. The number of hydrogen-bond acceptors (Lipinski definition) is 2. The second-order valence-electron chi connectivity index (χ2n) is 7.30. The molecule has 2 saturated carbocycles. The molecule has 0 aliphatic heterocycles. The van der Waals surface area contributed by atoms with Crippen LogP contribution in [-0.2, 0) is 9.59 Å². The van der Waals surface area contributed by atoms with E-state index in [4.69, 9.17) is 0 Å². The summed E-state index contributed by atoms with van der Waals surface area (Å²) in [5, 5.41) is 2.84. The third-order valence-electron chi connectivity index (χ3n) is 5.46. The summed E-state index contributed by atoms with van der Waals surface area (Å²) in [6.45, 7) is 2.13. The van der Waals surface area contributed by atoms with Crippen LogP contribution in [0.3, 0.4) is 0 Å². The van der Waals surface area contributed by atoms with E-state index >= 15 is 0 Å². The van der Waals surface area contributed by atoms with Crippen LogP contribution in [0.1, 0.15) is 37.7 Å². The van der Waals surface area contributed by atoms with Crippen molar-refractivity contribution in [3.63, 3.8) is 0 Å². The van der Waals surface area contributed by atoms with Crippen LogP contribution in [0.2, 0.25) is 0 Å². The lowest BCUT2D eigenvalue weighted by atomic mass is 9.86. The third-order valence-corrected chi connectivity index (χ3v) is 5.46. The molecule has 0 unspecified atom stereocenters. The number of rotatable bonds is 5. The van der Waals surface area contributed by atoms with Gasteiger partial charge >= 0.3 is 0 Å². The molecular weight excluding hydrogens is 288 g/mol. The predicted molar refractivity (Wildman–Crippen MR) is 91.0 cm³/mol. The lowest BCUT2D eigenvalue weighted by Crippen LogP contribution is -2.36. The van der Waals surface area contributed by atoms with Gasteiger partial charge in [0.05, 0.1) is 6.54 Å². The fourth-order valence-electron chi connectivity index (χ4n) is 4.15. The fraction of sp³-hybridized carbons (Fsp3) is 0.579. The molecule has 0 spiro atoms. The topological polar surface area (TPSA) is 49.4 Å². The average Bonchev–Trinajstić information content (AvgIpc) is 3.12. The van der Waals surface area contributed by atoms with Crippen molar-refractivity contribution in [1.29, 1.82) is 0 Å². The zero-order chi connectivity index (χ0) is 16.4. The molecule has 2 aliphatic rings. The van der Waals surface area contributed by atoms with Crippen molar-refractivity contribution in [2.24, 2.45) is 17.8 Å². The summed E-state index contributed by atoms with van der Waals surface area (Å²) in [6.07, 6.45) is 5.77. The van der Waals surface area contributed by atoms with E-state index in [1.807, 2.05) is 31.2 Å². The van der Waals surface area contributed by atoms with Crippen LogP contribution in [0, 0.1) is 24.7 Å². The van der Waals surface area contributed by atoms with Gasteiger partial charge in [0.25, 0.3) is 0 Å². The highest BCUT2D eigenvalue weighted by Crippen LogP contribution is 2.49. The molecule has 4 nitrogen and oxygen atoms in total. The predicted octanol–water partition coefficient (Wildman–Crippen LogP) is 3.22. The highest BCUT2D eigenvalue weighted by Gasteiger charge is 2.40. The quantitative estimate of drug-likeness (QED) is 0.907. The molecule has 0 heterocycles. The number of amides is 2. The standard InChI is InChI=1S/C19H26N2O2/c1-13-3-7-17(8-4-13)20-18(22)12-21(2)19(23)11-16-10-14-5-6-15(16)9-14/h3-4,7-8,14-16H,5-6,9-12H2,1-2H3,(H,20,22)/t14-,15+,16+/m0/s1. The smallest absolute Gasteiger partial charge is 0.243 e. The molecule has 3 rings (SSSR count). The minimum atomic E-state index is -0.141. The molecule has 2 bridgehead atoms. The number of anilines is 1. The number of fused-ring (bicyclic) bond motifs is 2. The van der Waals surface area contributed by atoms with Gasteiger partial charge in [-0.05, 0) is 56.1 Å². The van der Waals surface area contributed by atoms with Gasteiger partial charge in [-0.2, -0.15) is 0 Å². The number of carbonyl (C=O) groups is 2. The zero-order valence-corrected chi connectivity index (χ0v) is 14.0. The van der Waals surface area contributed by atoms with Crippen LogP contribution in [0.15, 0.2) is 24.3 Å². The van der Waals surface area contributed by atoms with E-state index in [0.29, 0.717) is 12.3 Å². The maximum absolute atomic E-state index is 12.4. The van der Waals surface area contributed by atoms with E-state index in [2.05, 4.69) is 5.32 Å². The van der Waals surface area contributed by atoms with Crippen LogP contribution in [0.4, 0.5) is 5.69 Å². The van der Waals surface area contributed by atoms with E-state index in [9.17, 15) is 9.59 Å². The van der Waals surface area contributed by atoms with Crippen molar-refractivity contribution < 1.29 is 9.59 Å². The molecule has 1 N–H and O–H groups in total. The highest BCUT2D eigenvalue weighted by atomic mass is 16.2. The van der Waals surface area contributed by atoms with Gasteiger partial charge in [0.2, 0.25) is 11.8 Å². The summed E-state index contributed by atoms with van der Waals surface area (Å²) >= 11 is 0. The van der Waals surface area contributed by atoms with Crippen LogP contribution < -0.4 is 5.32 Å². The fourth-order valence-corrected chi connectivity index (χ4v) is 4.15. The lowest BCUT2D eigenvalue weighted by molar-refractivity contribution is -0.134. The molecule has 1 aromatic carbocycles. The second kappa shape index (κ2) is 6.73. The Hall–Kier alpha value is -1.84. The van der Waals surface area contributed by atoms with Gasteiger partial charge in [0.15, 0.2) is 0 Å². The number of nitrogens with one attached hydrogen (secondary N) is 1. The van der Waals surface area contributed by atoms with Gasteiger partial charge in [-0.15, -0.1) is 0 Å². The van der Waals surface area contributed by atoms with Crippen molar-refractivity contribution in [1.82, 2.24) is 4.90 Å². The Balaban J connectivity index is 1.46. The van der Waals surface area contributed by atoms with Crippen molar-refractivity contribution in [3.8, 4) is 0 Å². The van der Waals surface area contributed by atoms with E-state index < -0.39 is 0 Å². The largest absolute Gasteiger partial charge is 0.336 e. The van der Waals surface area contributed by atoms with Crippen LogP contribution in [0.25, 0.3) is 0 Å². The van der Waals surface area contributed by atoms with Gasteiger partial charge in [0, 0.05) is 19.2 Å². The Labute approximate surface area is 138 Å². The Kier molecular flexibility index (Phi) is 4.69. The molecule has 3 atom stereocenters. The highest BCUT2D eigenvalue weighted by molar-refractivity contribution is 5.94. The maximum Gasteiger partial charge on any atom is 0.243 e. The Morgan fingerprint density at radius 2 is 1.91 bits per heavy atom. The summed E-state index contributed by atoms with van der Waals surface area (Å²) in [7, 11) is 1.73. The van der Waals surface area contributed by atoms with Crippen molar-refractivity contribution in [3.05, 3.63) is 29.8 Å². The Morgan fingerprint density at radius 3 is 2.52 bits per heavy atom. The zero-order valence-electron chi connectivity index (χ0n) is 14.0. The summed E-state index contributed by atoms with van der Waals surface area (Å²) in [4.78, 5) is 26.0. The van der Waals surface area contributed by atoms with Gasteiger partial charge in [-0.25, -0.2) is 0 Å². The van der Waals surface area contributed by atoms with Gasteiger partial charge in [0.1, 0.15) is 0 Å². The summed E-state index contributed by atoms with van der Waals surface area (Å²) in [5.41, 5.74) is 1.93. The number of carbonyl (C=O) groups excluding carboxylic acids is 2. The summed E-state index contributed by atoms with van der Waals surface area (Å²) in [5.74, 6) is 2.11. The molecule has 0 saturated heterocycles. The second-order valence-corrected chi connectivity index (χ2v) is 7.30. The molecule has 4 heteroatoms. The normalized spacial score (nSPS) is 25.4. The number of likely N-dealkylation sites (N-methyl/N-ethyl adjacent to an activating group) is 1. The molecule has 2 amide bonds.